The molecule has 139 valence electrons. The molecule has 0 aliphatic heterocycles. The Hall–Kier alpha value is 0.271. The maximum absolute atomic E-state index is 2.99. The van der Waals surface area contributed by atoms with Crippen molar-refractivity contribution >= 4 is 34.3 Å². The fourth-order valence-corrected chi connectivity index (χ4v) is 0.581. The van der Waals surface area contributed by atoms with Crippen LogP contribution in [0.2, 0.25) is 13.1 Å². The first kappa shape index (κ1) is 39.4. The second-order valence-corrected chi connectivity index (χ2v) is 6.55. The summed E-state index contributed by atoms with van der Waals surface area (Å²) in [5.74, 6) is 2.83. The maximum atomic E-state index is 2.99. The molecule has 0 aromatic carbocycles. The second kappa shape index (κ2) is 38.7. The van der Waals surface area contributed by atoms with Gasteiger partial charge in [-0.2, -0.15) is 65.9 Å². The topological polar surface area (TPSA) is 15.8 Å². The molecule has 1 radical (unpaired) electrons. The van der Waals surface area contributed by atoms with E-state index in [1.165, 1.54) is 11.8 Å². The summed E-state index contributed by atoms with van der Waals surface area (Å²) in [7, 11) is 0.750. The number of nitrogens with one attached hydrogen (secondary N) is 1. The van der Waals surface area contributed by atoms with E-state index in [2.05, 4.69) is 78.0 Å². The van der Waals surface area contributed by atoms with E-state index >= 15 is 0 Å². The molecule has 0 saturated heterocycles. The molecule has 1 aromatic heterocycles. The van der Waals surface area contributed by atoms with Crippen LogP contribution in [-0.4, -0.2) is 14.5 Å². The van der Waals surface area contributed by atoms with Gasteiger partial charge in [0.2, 0.25) is 0 Å². The Labute approximate surface area is 182 Å². The number of rotatable bonds is 0. The number of hydrogen-bond acceptors (Lipinski definition) is 0. The summed E-state index contributed by atoms with van der Waals surface area (Å²) in [6, 6.07) is 3.71. The minimum atomic E-state index is 0. The van der Waals surface area contributed by atoms with Crippen LogP contribution in [0.25, 0.3) is 0 Å². The minimum Gasteiger partial charge on any atom is -0.484 e. The summed E-state index contributed by atoms with van der Waals surface area (Å²) in [5.41, 5.74) is 0. The third-order valence-electron chi connectivity index (χ3n) is 1.03. The molecule has 1 nitrogen and oxygen atoms in total. The minimum absolute atomic E-state index is 0. The van der Waals surface area contributed by atoms with Crippen molar-refractivity contribution in [2.24, 2.45) is 0 Å². The second-order valence-electron chi connectivity index (χ2n) is 5.39. The Morgan fingerprint density at radius 2 is 1.38 bits per heavy atom. The fraction of sp³-hybridized carbons (Fsp3) is 0.474. The number of allylic oxidation sites excluding steroid dienone is 4. The van der Waals surface area contributed by atoms with Gasteiger partial charge in [0.15, 0.2) is 0 Å². The van der Waals surface area contributed by atoms with E-state index in [1.807, 2.05) is 30.5 Å². The standard InChI is InChI=1S/C5H5.C4H4N.2C4H9.C2H7Si.2ClH.Ti/c2*1-2-4-5-3-1;2*1-4(2)3;1-3-2;;;/h1-3H,4H2;1-3,5H;2*1-3H3;3H,1-2H3;2*1H;/q4*-1;;;;+4. The fourth-order valence-electron chi connectivity index (χ4n) is 0.581. The molecule has 5 heteroatoms. The van der Waals surface area contributed by atoms with Crippen LogP contribution in [0, 0.1) is 24.1 Å². The van der Waals surface area contributed by atoms with Crippen molar-refractivity contribution in [1.82, 2.24) is 4.98 Å². The number of hydrogen-bond donors (Lipinski definition) is 1. The van der Waals surface area contributed by atoms with Crippen molar-refractivity contribution in [2.75, 3.05) is 0 Å². The summed E-state index contributed by atoms with van der Waals surface area (Å²) in [4.78, 5) is 2.74. The number of halogens is 2. The van der Waals surface area contributed by atoms with E-state index < -0.39 is 0 Å². The van der Waals surface area contributed by atoms with Gasteiger partial charge in [0, 0.05) is 9.52 Å². The monoisotopic (exact) mass is 424 g/mol. The van der Waals surface area contributed by atoms with Gasteiger partial charge in [-0.3, -0.25) is 6.08 Å². The van der Waals surface area contributed by atoms with Crippen LogP contribution in [0.1, 0.15) is 48.0 Å². The van der Waals surface area contributed by atoms with Gasteiger partial charge in [-0.15, -0.1) is 37.4 Å². The van der Waals surface area contributed by atoms with Crippen LogP contribution in [0.4, 0.5) is 0 Å². The van der Waals surface area contributed by atoms with Gasteiger partial charge in [0.25, 0.3) is 0 Å². The van der Waals surface area contributed by atoms with Crippen molar-refractivity contribution < 1.29 is 21.7 Å². The summed E-state index contributed by atoms with van der Waals surface area (Å²) >= 11 is 0. The average Bonchev–Trinajstić information content (AvgIpc) is 3.08. The molecular formula is C19H36Cl2NSiTi. The first-order valence-corrected chi connectivity index (χ1v) is 9.68. The molecule has 0 spiro atoms. The summed E-state index contributed by atoms with van der Waals surface area (Å²) in [5, 5.41) is 0. The predicted octanol–water partition coefficient (Wildman–Crippen LogP) is 6.72. The molecule has 0 saturated carbocycles. The van der Waals surface area contributed by atoms with Crippen LogP contribution in [0.3, 0.4) is 0 Å². The summed E-state index contributed by atoms with van der Waals surface area (Å²) < 4.78 is 0. The first-order valence-electron chi connectivity index (χ1n) is 7.37. The zero-order chi connectivity index (χ0) is 16.9. The Bertz CT molecular complexity index is 262. The molecule has 0 bridgehead atoms. The molecular weight excluding hydrogens is 389 g/mol. The van der Waals surface area contributed by atoms with Gasteiger partial charge in [-0.1, -0.05) is 13.1 Å². The maximum Gasteiger partial charge on any atom is 4.00 e. The molecule has 1 aliphatic rings. The van der Waals surface area contributed by atoms with Gasteiger partial charge in [-0.25, -0.2) is 12.2 Å². The van der Waals surface area contributed by atoms with E-state index in [0.29, 0.717) is 0 Å². The Morgan fingerprint density at radius 1 is 0.958 bits per heavy atom. The van der Waals surface area contributed by atoms with Crippen molar-refractivity contribution in [3.63, 3.8) is 0 Å². The normalized spacial score (nSPS) is 9.08. The predicted molar refractivity (Wildman–Crippen MR) is 115 cm³/mol. The van der Waals surface area contributed by atoms with E-state index in [9.17, 15) is 0 Å². The van der Waals surface area contributed by atoms with Crippen molar-refractivity contribution in [3.8, 4) is 0 Å². The zero-order valence-corrected chi connectivity index (χ0v) is 20.9. The van der Waals surface area contributed by atoms with E-state index in [1.54, 1.807) is 0 Å². The SMILES string of the molecule is C[C-](C)C.C[C-](C)C.C[SiH]C.Cl.Cl.[C-]1=CC=CC1.[Ti+4].[c-]1ccc[nH]1. The molecule has 1 N–H and O–H groups in total. The summed E-state index contributed by atoms with van der Waals surface area (Å²) in [6.45, 7) is 16.9. The smallest absolute Gasteiger partial charge is 0.484 e. The van der Waals surface area contributed by atoms with Crippen LogP contribution < -0.4 is 0 Å². The van der Waals surface area contributed by atoms with Crippen LogP contribution in [0.5, 0.6) is 0 Å². The zero-order valence-electron chi connectivity index (χ0n) is 16.6. The van der Waals surface area contributed by atoms with Crippen molar-refractivity contribution in [3.05, 3.63) is 60.7 Å². The van der Waals surface area contributed by atoms with Crippen LogP contribution in [-0.2, 0) is 21.7 Å². The molecule has 0 fully saturated rings. The van der Waals surface area contributed by atoms with Crippen LogP contribution >= 0.6 is 24.8 Å². The molecule has 1 aromatic rings. The van der Waals surface area contributed by atoms with E-state index in [0.717, 1.165) is 15.9 Å². The van der Waals surface area contributed by atoms with Gasteiger partial charge in [0.1, 0.15) is 0 Å². The largest absolute Gasteiger partial charge is 4.00 e. The molecule has 0 unspecified atom stereocenters. The molecule has 24 heavy (non-hydrogen) atoms. The van der Waals surface area contributed by atoms with E-state index in [4.69, 9.17) is 0 Å². The van der Waals surface area contributed by atoms with E-state index in [-0.39, 0.29) is 46.5 Å². The Kier molecular flexibility index (Phi) is 63.5. The number of aromatic nitrogens is 1. The molecule has 0 amide bonds. The molecule has 2 rings (SSSR count). The number of H-pyrrole nitrogens is 1. The molecule has 1 heterocycles. The molecule has 1 aliphatic carbocycles. The Balaban J connectivity index is -0.0000000415. The van der Waals surface area contributed by atoms with Gasteiger partial charge in [0.05, 0.1) is 0 Å². The first-order chi connectivity index (χ1) is 9.88. The van der Waals surface area contributed by atoms with Crippen molar-refractivity contribution in [2.45, 2.75) is 61.1 Å². The third-order valence-corrected chi connectivity index (χ3v) is 1.03. The van der Waals surface area contributed by atoms with Crippen LogP contribution in [0.15, 0.2) is 36.6 Å². The third kappa shape index (κ3) is 95.5. The van der Waals surface area contributed by atoms with Gasteiger partial charge in [-0.05, 0) is 0 Å². The number of aromatic amines is 1. The quantitative estimate of drug-likeness (QED) is 0.351. The molecule has 0 atom stereocenters. The Morgan fingerprint density at radius 3 is 1.46 bits per heavy atom. The summed E-state index contributed by atoms with van der Waals surface area (Å²) in [6.07, 6.45) is 14.6. The van der Waals surface area contributed by atoms with Gasteiger partial charge < -0.3 is 16.8 Å². The van der Waals surface area contributed by atoms with Crippen molar-refractivity contribution in [1.29, 1.82) is 0 Å². The van der Waals surface area contributed by atoms with Gasteiger partial charge >= 0.3 is 21.7 Å². The average molecular weight is 425 g/mol.